The summed E-state index contributed by atoms with van der Waals surface area (Å²) in [6.07, 6.45) is 4.85. The third-order valence-electron chi connectivity index (χ3n) is 7.61. The molecule has 0 radical (unpaired) electrons. The first kappa shape index (κ1) is 35.0. The molecule has 13 nitrogen and oxygen atoms in total. The van der Waals surface area contributed by atoms with Crippen molar-refractivity contribution in [2.75, 3.05) is 13.1 Å². The van der Waals surface area contributed by atoms with Gasteiger partial charge in [-0.15, -0.1) is 0 Å². The summed E-state index contributed by atoms with van der Waals surface area (Å²) in [5, 5.41) is 28.4. The predicted molar refractivity (Wildman–Crippen MR) is 171 cm³/mol. The van der Waals surface area contributed by atoms with Crippen LogP contribution in [-0.2, 0) is 32.0 Å². The van der Waals surface area contributed by atoms with Crippen LogP contribution in [0.1, 0.15) is 49.7 Å². The van der Waals surface area contributed by atoms with Crippen LogP contribution in [0.4, 0.5) is 0 Å². The highest BCUT2D eigenvalue weighted by Crippen LogP contribution is 2.20. The zero-order valence-corrected chi connectivity index (χ0v) is 25.3. The number of H-pyrrole nitrogens is 1. The Hall–Kier alpha value is -4.46. The summed E-state index contributed by atoms with van der Waals surface area (Å²) >= 11 is 0. The number of phenols is 1. The van der Waals surface area contributed by atoms with Crippen molar-refractivity contribution in [3.63, 3.8) is 0 Å². The van der Waals surface area contributed by atoms with Crippen molar-refractivity contribution in [1.82, 2.24) is 20.9 Å². The van der Waals surface area contributed by atoms with Gasteiger partial charge in [-0.25, -0.2) is 4.79 Å². The summed E-state index contributed by atoms with van der Waals surface area (Å²) in [5.41, 5.74) is 19.5. The minimum Gasteiger partial charge on any atom is -0.508 e. The maximum Gasteiger partial charge on any atom is 0.326 e. The molecule has 1 aromatic heterocycles. The van der Waals surface area contributed by atoms with Crippen LogP contribution in [0.2, 0.25) is 0 Å². The van der Waals surface area contributed by atoms with E-state index in [1.807, 2.05) is 24.3 Å². The topological polar surface area (TPSA) is 239 Å². The fraction of sp³-hybridized carbons (Fsp3) is 0.438. The standard InChI is InChI=1S/C32H45N7O6/c33-15-5-3-8-24(35)29(41)38-28(18-21-19-36-25-9-2-1-7-23(21)25)31(43)39-27(17-20-11-13-22(40)14-12-20)30(42)37-26(32(44)45)10-4-6-16-34/h1-2,7,9,11-14,19,24,26-28,36,40H,3-6,8,10,15-18,33-35H2,(H,37,42)(H,38,41)(H,39,43)(H,44,45)/t24-,26-,27-,28-/m0/s1. The zero-order chi connectivity index (χ0) is 32.8. The largest absolute Gasteiger partial charge is 0.508 e. The molecular weight excluding hydrogens is 578 g/mol. The number of carbonyl (C=O) groups excluding carboxylic acids is 3. The molecule has 3 aromatic rings. The molecular formula is C32H45N7O6. The lowest BCUT2D eigenvalue weighted by Crippen LogP contribution is -2.58. The molecule has 2 aromatic carbocycles. The Morgan fingerprint density at radius 1 is 0.733 bits per heavy atom. The van der Waals surface area contributed by atoms with Gasteiger partial charge in [0.15, 0.2) is 0 Å². The first-order valence-electron chi connectivity index (χ1n) is 15.3. The van der Waals surface area contributed by atoms with Crippen LogP contribution in [0.3, 0.4) is 0 Å². The highest BCUT2D eigenvalue weighted by Gasteiger charge is 2.31. The molecule has 0 saturated carbocycles. The van der Waals surface area contributed by atoms with Crippen molar-refractivity contribution < 1.29 is 29.4 Å². The van der Waals surface area contributed by atoms with E-state index in [2.05, 4.69) is 20.9 Å². The van der Waals surface area contributed by atoms with Crippen molar-refractivity contribution >= 4 is 34.6 Å². The van der Waals surface area contributed by atoms with Crippen LogP contribution in [0.15, 0.2) is 54.7 Å². The van der Waals surface area contributed by atoms with E-state index < -0.39 is 47.9 Å². The predicted octanol–water partition coefficient (Wildman–Crippen LogP) is 0.783. The molecule has 0 spiro atoms. The number of carboxylic acids is 1. The van der Waals surface area contributed by atoms with E-state index in [0.29, 0.717) is 50.8 Å². The van der Waals surface area contributed by atoms with Gasteiger partial charge in [0, 0.05) is 29.9 Å². The summed E-state index contributed by atoms with van der Waals surface area (Å²) in [6, 6.07) is 9.28. The summed E-state index contributed by atoms with van der Waals surface area (Å²) < 4.78 is 0. The number of aromatic nitrogens is 1. The normalized spacial score (nSPS) is 13.8. The van der Waals surface area contributed by atoms with E-state index in [9.17, 15) is 29.4 Å². The van der Waals surface area contributed by atoms with Gasteiger partial charge >= 0.3 is 5.97 Å². The highest BCUT2D eigenvalue weighted by atomic mass is 16.4. The number of carbonyl (C=O) groups is 4. The van der Waals surface area contributed by atoms with E-state index in [1.165, 1.54) is 12.1 Å². The van der Waals surface area contributed by atoms with Gasteiger partial charge in [-0.1, -0.05) is 36.8 Å². The number of aromatic hydroxyl groups is 1. The van der Waals surface area contributed by atoms with E-state index in [4.69, 9.17) is 17.2 Å². The molecule has 0 saturated heterocycles. The second-order valence-corrected chi connectivity index (χ2v) is 11.1. The second-order valence-electron chi connectivity index (χ2n) is 11.1. The van der Waals surface area contributed by atoms with Crippen LogP contribution < -0.4 is 33.2 Å². The number of nitrogens with one attached hydrogen (secondary N) is 4. The Balaban J connectivity index is 1.87. The quantitative estimate of drug-likeness (QED) is 0.0856. The lowest BCUT2D eigenvalue weighted by molar-refractivity contribution is -0.142. The highest BCUT2D eigenvalue weighted by molar-refractivity contribution is 5.95. The average molecular weight is 624 g/mol. The molecule has 0 bridgehead atoms. The lowest BCUT2D eigenvalue weighted by Gasteiger charge is -2.25. The van der Waals surface area contributed by atoms with Gasteiger partial charge in [0.25, 0.3) is 0 Å². The van der Waals surface area contributed by atoms with Crippen molar-refractivity contribution in [2.45, 2.75) is 75.5 Å². The number of rotatable bonds is 19. The summed E-state index contributed by atoms with van der Waals surface area (Å²) in [7, 11) is 0. The van der Waals surface area contributed by atoms with Crippen LogP contribution in [0, 0.1) is 0 Å². The smallest absolute Gasteiger partial charge is 0.326 e. The molecule has 3 rings (SSSR count). The Labute approximate surface area is 262 Å². The third kappa shape index (κ3) is 10.9. The fourth-order valence-electron chi connectivity index (χ4n) is 5.02. The first-order chi connectivity index (χ1) is 21.6. The number of carboxylic acid groups (broad SMARTS) is 1. The van der Waals surface area contributed by atoms with Crippen molar-refractivity contribution in [2.24, 2.45) is 17.2 Å². The number of aliphatic carboxylic acids is 1. The molecule has 1 heterocycles. The number of amides is 3. The molecule has 4 atom stereocenters. The van der Waals surface area contributed by atoms with Gasteiger partial charge < -0.3 is 48.3 Å². The van der Waals surface area contributed by atoms with Crippen LogP contribution >= 0.6 is 0 Å². The SMILES string of the molecule is NCCCC[C@H](NC(=O)[C@H](Cc1ccc(O)cc1)NC(=O)[C@H](Cc1c[nH]c2ccccc12)NC(=O)[C@@H](N)CCCCN)C(=O)O. The third-order valence-corrected chi connectivity index (χ3v) is 7.61. The lowest BCUT2D eigenvalue weighted by atomic mass is 10.0. The summed E-state index contributed by atoms with van der Waals surface area (Å²) in [5.74, 6) is -3.04. The van der Waals surface area contributed by atoms with Crippen LogP contribution in [0.5, 0.6) is 5.75 Å². The number of hydrogen-bond donors (Lipinski definition) is 9. The van der Waals surface area contributed by atoms with Crippen LogP contribution in [0.25, 0.3) is 10.9 Å². The summed E-state index contributed by atoms with van der Waals surface area (Å²) in [4.78, 5) is 55.5. The Bertz CT molecular complexity index is 1410. The fourth-order valence-corrected chi connectivity index (χ4v) is 5.02. The van der Waals surface area contributed by atoms with E-state index in [-0.39, 0.29) is 25.0 Å². The number of unbranched alkanes of at least 4 members (excludes halogenated alkanes) is 2. The summed E-state index contributed by atoms with van der Waals surface area (Å²) in [6.45, 7) is 0.861. The molecule has 45 heavy (non-hydrogen) atoms. The number of benzene rings is 2. The van der Waals surface area contributed by atoms with Crippen molar-refractivity contribution in [1.29, 1.82) is 0 Å². The monoisotopic (exact) mass is 623 g/mol. The van der Waals surface area contributed by atoms with Gasteiger partial charge in [0.05, 0.1) is 6.04 Å². The average Bonchev–Trinajstić information content (AvgIpc) is 3.43. The molecule has 0 aliphatic heterocycles. The molecule has 13 heteroatoms. The minimum absolute atomic E-state index is 0.000648. The molecule has 12 N–H and O–H groups in total. The molecule has 0 aliphatic rings. The molecule has 244 valence electrons. The number of fused-ring (bicyclic) bond motifs is 1. The maximum atomic E-state index is 13.9. The van der Waals surface area contributed by atoms with E-state index in [0.717, 1.165) is 16.5 Å². The Morgan fingerprint density at radius 3 is 1.96 bits per heavy atom. The minimum atomic E-state index is -1.21. The first-order valence-corrected chi connectivity index (χ1v) is 15.3. The molecule has 0 unspecified atom stereocenters. The molecule has 0 aliphatic carbocycles. The van der Waals surface area contributed by atoms with Crippen molar-refractivity contribution in [3.05, 3.63) is 65.9 Å². The second kappa shape index (κ2) is 17.7. The van der Waals surface area contributed by atoms with Gasteiger partial charge in [-0.3, -0.25) is 14.4 Å². The van der Waals surface area contributed by atoms with Gasteiger partial charge in [-0.2, -0.15) is 0 Å². The molecule has 0 fully saturated rings. The number of aromatic amines is 1. The Kier molecular flexibility index (Phi) is 13.8. The number of nitrogens with two attached hydrogens (primary N) is 3. The van der Waals surface area contributed by atoms with Gasteiger partial charge in [0.2, 0.25) is 17.7 Å². The number of para-hydroxylation sites is 1. The van der Waals surface area contributed by atoms with E-state index >= 15 is 0 Å². The van der Waals surface area contributed by atoms with Crippen LogP contribution in [-0.4, -0.2) is 76.1 Å². The van der Waals surface area contributed by atoms with Gasteiger partial charge in [-0.05, 0) is 74.5 Å². The van der Waals surface area contributed by atoms with Crippen molar-refractivity contribution in [3.8, 4) is 5.75 Å². The van der Waals surface area contributed by atoms with E-state index in [1.54, 1.807) is 18.3 Å². The number of hydrogen-bond acceptors (Lipinski definition) is 8. The number of phenolic OH excluding ortho intramolecular Hbond substituents is 1. The zero-order valence-electron chi connectivity index (χ0n) is 25.3. The van der Waals surface area contributed by atoms with Gasteiger partial charge in [0.1, 0.15) is 23.9 Å². The molecule has 3 amide bonds. The Morgan fingerprint density at radius 2 is 1.31 bits per heavy atom. The maximum absolute atomic E-state index is 13.9.